The molecule has 3 aromatic rings. The fourth-order valence-electron chi connectivity index (χ4n) is 4.69. The molecule has 0 saturated carbocycles. The Labute approximate surface area is 218 Å². The van der Waals surface area contributed by atoms with E-state index in [0.717, 1.165) is 18.4 Å². The topological polar surface area (TPSA) is 103 Å². The van der Waals surface area contributed by atoms with Gasteiger partial charge < -0.3 is 15.4 Å². The molecule has 4 rings (SSSR count). The normalized spacial score (nSPS) is 16.5. The van der Waals surface area contributed by atoms with Crippen LogP contribution < -0.4 is 5.73 Å². The van der Waals surface area contributed by atoms with Gasteiger partial charge in [-0.3, -0.25) is 10.2 Å². The number of carbonyl (C=O) groups is 1. The predicted octanol–water partition coefficient (Wildman–Crippen LogP) is 5.67. The number of rotatable bonds is 7. The van der Waals surface area contributed by atoms with Crippen LogP contribution in [0.3, 0.4) is 0 Å². The van der Waals surface area contributed by atoms with E-state index in [1.807, 2.05) is 61.2 Å². The number of hydrogen-bond acceptors (Lipinski definition) is 5. The van der Waals surface area contributed by atoms with E-state index >= 15 is 0 Å². The first kappa shape index (κ1) is 25.9. The summed E-state index contributed by atoms with van der Waals surface area (Å²) in [5.41, 5.74) is 9.37. The van der Waals surface area contributed by atoms with Crippen molar-refractivity contribution in [2.24, 2.45) is 5.73 Å². The Morgan fingerprint density at radius 3 is 2.51 bits per heavy atom. The molecule has 188 valence electrons. The van der Waals surface area contributed by atoms with E-state index in [1.165, 1.54) is 0 Å². The molecule has 0 bridgehead atoms. The van der Waals surface area contributed by atoms with E-state index in [0.29, 0.717) is 40.8 Å². The number of ether oxygens (including phenoxy) is 1. The summed E-state index contributed by atoms with van der Waals surface area (Å²) in [6, 6.07) is 24.6. The van der Waals surface area contributed by atoms with Crippen molar-refractivity contribution in [3.05, 3.63) is 107 Å². The molecular formula is C31H32N4O2. The highest BCUT2D eigenvalue weighted by molar-refractivity contribution is 6.01. The molecule has 0 aliphatic carbocycles. The van der Waals surface area contributed by atoms with Crippen LogP contribution in [0.15, 0.2) is 85.1 Å². The lowest BCUT2D eigenvalue weighted by Crippen LogP contribution is -2.42. The van der Waals surface area contributed by atoms with Crippen molar-refractivity contribution in [2.45, 2.75) is 44.7 Å². The summed E-state index contributed by atoms with van der Waals surface area (Å²) >= 11 is 0. The number of amides is 1. The highest BCUT2D eigenvalue weighted by atomic mass is 16.5. The fourth-order valence-corrected chi connectivity index (χ4v) is 4.69. The number of likely N-dealkylation sites (tertiary alicyclic amines) is 1. The molecule has 2 unspecified atom stereocenters. The highest BCUT2D eigenvalue weighted by Crippen LogP contribution is 2.29. The zero-order chi connectivity index (χ0) is 26.6. The smallest absolute Gasteiger partial charge is 0.254 e. The van der Waals surface area contributed by atoms with Gasteiger partial charge in [0.25, 0.3) is 5.91 Å². The molecule has 3 aromatic carbocycles. The maximum Gasteiger partial charge on any atom is 0.254 e. The summed E-state index contributed by atoms with van der Waals surface area (Å²) in [4.78, 5) is 15.3. The van der Waals surface area contributed by atoms with E-state index in [1.54, 1.807) is 30.3 Å². The van der Waals surface area contributed by atoms with Crippen LogP contribution in [0.25, 0.3) is 11.1 Å². The molecule has 1 heterocycles. The van der Waals surface area contributed by atoms with Crippen LogP contribution in [0.1, 0.15) is 53.7 Å². The van der Waals surface area contributed by atoms with Crippen LogP contribution in [-0.4, -0.2) is 34.8 Å². The van der Waals surface area contributed by atoms with Crippen LogP contribution in [0.4, 0.5) is 0 Å². The number of benzene rings is 3. The Kier molecular flexibility index (Phi) is 7.56. The average Bonchev–Trinajstić information content (AvgIpc) is 3.33. The van der Waals surface area contributed by atoms with Crippen LogP contribution in [-0.2, 0) is 11.2 Å². The first-order chi connectivity index (χ1) is 17.7. The van der Waals surface area contributed by atoms with Gasteiger partial charge in [-0.1, -0.05) is 55.1 Å². The van der Waals surface area contributed by atoms with E-state index in [2.05, 4.69) is 12.6 Å². The number of nitriles is 1. The second-order valence-electron chi connectivity index (χ2n) is 9.88. The Morgan fingerprint density at radius 1 is 1.16 bits per heavy atom. The predicted molar refractivity (Wildman–Crippen MR) is 146 cm³/mol. The Balaban J connectivity index is 1.67. The summed E-state index contributed by atoms with van der Waals surface area (Å²) in [5.74, 6) is 0.00155. The molecule has 0 radical (unpaired) electrons. The SMILES string of the molecule is C=C(OC(=N)c1cc(C(=O)N2CCCC2C)cc(-c2ccccc2C#N)c1)C(C)(N)Cc1ccccc1. The lowest BCUT2D eigenvalue weighted by molar-refractivity contribution is 0.0747. The third-order valence-electron chi connectivity index (χ3n) is 6.89. The Bertz CT molecular complexity index is 1370. The largest absolute Gasteiger partial charge is 0.442 e. The highest BCUT2D eigenvalue weighted by Gasteiger charge is 2.29. The number of nitrogens with one attached hydrogen (secondary N) is 1. The van der Waals surface area contributed by atoms with Gasteiger partial charge in [0, 0.05) is 23.7 Å². The van der Waals surface area contributed by atoms with E-state index in [9.17, 15) is 10.1 Å². The van der Waals surface area contributed by atoms with Crippen LogP contribution >= 0.6 is 0 Å². The molecule has 1 aliphatic heterocycles. The number of hydrogen-bond donors (Lipinski definition) is 2. The first-order valence-corrected chi connectivity index (χ1v) is 12.4. The van der Waals surface area contributed by atoms with Crippen molar-refractivity contribution in [1.82, 2.24) is 4.90 Å². The summed E-state index contributed by atoms with van der Waals surface area (Å²) in [6.07, 6.45) is 2.42. The maximum absolute atomic E-state index is 13.5. The molecule has 1 amide bonds. The van der Waals surface area contributed by atoms with Crippen LogP contribution in [0, 0.1) is 16.7 Å². The molecule has 3 N–H and O–H groups in total. The lowest BCUT2D eigenvalue weighted by Gasteiger charge is -2.27. The minimum Gasteiger partial charge on any atom is -0.442 e. The third kappa shape index (κ3) is 5.79. The summed E-state index contributed by atoms with van der Waals surface area (Å²) in [7, 11) is 0. The second kappa shape index (κ2) is 10.8. The van der Waals surface area contributed by atoms with Gasteiger partial charge in [0.15, 0.2) is 0 Å². The van der Waals surface area contributed by atoms with Crippen molar-refractivity contribution in [3.8, 4) is 17.2 Å². The molecule has 1 saturated heterocycles. The molecule has 6 nitrogen and oxygen atoms in total. The number of carbonyl (C=O) groups excluding carboxylic acids is 1. The summed E-state index contributed by atoms with van der Waals surface area (Å²) in [5, 5.41) is 18.4. The van der Waals surface area contributed by atoms with Crippen molar-refractivity contribution < 1.29 is 9.53 Å². The minimum absolute atomic E-state index is 0.0955. The van der Waals surface area contributed by atoms with Gasteiger partial charge in [-0.2, -0.15) is 5.26 Å². The standard InChI is InChI=1S/C31H32N4O2/c1-21-10-9-15-35(21)30(36)27-17-25(28-14-8-7-13-24(28)20-32)16-26(18-27)29(33)37-22(2)31(3,34)19-23-11-5-4-6-12-23/h4-8,11-14,16-18,21,33H,2,9-10,15,19,34H2,1,3H3. The van der Waals surface area contributed by atoms with Crippen LogP contribution in [0.2, 0.25) is 0 Å². The fraction of sp³-hybridized carbons (Fsp3) is 0.258. The molecular weight excluding hydrogens is 460 g/mol. The van der Waals surface area contributed by atoms with E-state index in [-0.39, 0.29) is 23.6 Å². The third-order valence-corrected chi connectivity index (χ3v) is 6.89. The van der Waals surface area contributed by atoms with E-state index < -0.39 is 5.54 Å². The van der Waals surface area contributed by atoms with Gasteiger partial charge in [-0.05, 0) is 74.1 Å². The number of nitrogens with zero attached hydrogens (tertiary/aromatic N) is 2. The molecule has 2 atom stereocenters. The maximum atomic E-state index is 13.5. The van der Waals surface area contributed by atoms with Crippen molar-refractivity contribution >= 4 is 11.8 Å². The Morgan fingerprint density at radius 2 is 1.84 bits per heavy atom. The van der Waals surface area contributed by atoms with Gasteiger partial charge in [0.1, 0.15) is 5.76 Å². The van der Waals surface area contributed by atoms with Crippen LogP contribution in [0.5, 0.6) is 0 Å². The molecule has 0 spiro atoms. The van der Waals surface area contributed by atoms with Gasteiger partial charge >= 0.3 is 0 Å². The first-order valence-electron chi connectivity index (χ1n) is 12.4. The molecule has 1 fully saturated rings. The van der Waals surface area contributed by atoms with Gasteiger partial charge in [-0.15, -0.1) is 0 Å². The quantitative estimate of drug-likeness (QED) is 0.252. The molecule has 6 heteroatoms. The number of nitrogens with two attached hydrogens (primary N) is 1. The van der Waals surface area contributed by atoms with E-state index in [4.69, 9.17) is 15.9 Å². The Hall–Kier alpha value is -4.21. The van der Waals surface area contributed by atoms with Gasteiger partial charge in [0.2, 0.25) is 5.90 Å². The lowest BCUT2D eigenvalue weighted by atomic mass is 9.92. The average molecular weight is 493 g/mol. The summed E-state index contributed by atoms with van der Waals surface area (Å²) in [6.45, 7) is 8.58. The monoisotopic (exact) mass is 492 g/mol. The van der Waals surface area contributed by atoms with Crippen molar-refractivity contribution in [2.75, 3.05) is 6.54 Å². The molecule has 37 heavy (non-hydrogen) atoms. The zero-order valence-corrected chi connectivity index (χ0v) is 21.3. The minimum atomic E-state index is -0.914. The second-order valence-corrected chi connectivity index (χ2v) is 9.88. The van der Waals surface area contributed by atoms with Crippen molar-refractivity contribution in [1.29, 1.82) is 10.7 Å². The van der Waals surface area contributed by atoms with Gasteiger partial charge in [-0.25, -0.2) is 0 Å². The molecule has 0 aromatic heterocycles. The molecule has 1 aliphatic rings. The zero-order valence-electron chi connectivity index (χ0n) is 21.3. The van der Waals surface area contributed by atoms with Gasteiger partial charge in [0.05, 0.1) is 17.2 Å². The summed E-state index contributed by atoms with van der Waals surface area (Å²) < 4.78 is 5.88. The van der Waals surface area contributed by atoms with Crippen molar-refractivity contribution in [3.63, 3.8) is 0 Å².